The maximum absolute atomic E-state index is 12.7. The molecule has 2 aromatic heterocycles. The third-order valence-corrected chi connectivity index (χ3v) is 4.79. The van der Waals surface area contributed by atoms with E-state index in [4.69, 9.17) is 5.73 Å². The van der Waals surface area contributed by atoms with Crippen LogP contribution in [0.3, 0.4) is 0 Å². The van der Waals surface area contributed by atoms with Crippen molar-refractivity contribution in [2.24, 2.45) is 0 Å². The number of aryl methyl sites for hydroxylation is 2. The van der Waals surface area contributed by atoms with Gasteiger partial charge in [-0.1, -0.05) is 6.07 Å². The van der Waals surface area contributed by atoms with E-state index in [0.717, 1.165) is 22.4 Å². The fourth-order valence-corrected chi connectivity index (χ4v) is 3.59. The van der Waals surface area contributed by atoms with Crippen LogP contribution in [0.15, 0.2) is 59.9 Å². The second-order valence-electron chi connectivity index (χ2n) is 6.06. The molecule has 0 saturated heterocycles. The van der Waals surface area contributed by atoms with E-state index >= 15 is 0 Å². The Balaban J connectivity index is 0.00000261. The van der Waals surface area contributed by atoms with Crippen LogP contribution in [0.4, 0.5) is 11.5 Å². The van der Waals surface area contributed by atoms with Crippen LogP contribution in [-0.2, 0) is 5.75 Å². The summed E-state index contributed by atoms with van der Waals surface area (Å²) in [6, 6.07) is 13.3. The number of anilines is 2. The van der Waals surface area contributed by atoms with Gasteiger partial charge in [-0.2, -0.15) is 0 Å². The van der Waals surface area contributed by atoms with Crippen molar-refractivity contribution >= 4 is 41.6 Å². The SMILES string of the molecule is Cc1cc(C)cc(NC(=O)c2cccnc2SCc2ccnc(N)c2)c1.Cl. The van der Waals surface area contributed by atoms with Crippen LogP contribution in [0.1, 0.15) is 27.0 Å². The zero-order valence-electron chi connectivity index (χ0n) is 15.1. The van der Waals surface area contributed by atoms with Gasteiger partial charge in [-0.15, -0.1) is 24.2 Å². The minimum absolute atomic E-state index is 0. The highest BCUT2D eigenvalue weighted by atomic mass is 35.5. The number of nitrogens with zero attached hydrogens (tertiary/aromatic N) is 2. The van der Waals surface area contributed by atoms with Gasteiger partial charge in [-0.05, 0) is 66.9 Å². The van der Waals surface area contributed by atoms with E-state index in [9.17, 15) is 4.79 Å². The van der Waals surface area contributed by atoms with Gasteiger partial charge in [0.1, 0.15) is 10.8 Å². The first-order valence-electron chi connectivity index (χ1n) is 8.19. The maximum Gasteiger partial charge on any atom is 0.258 e. The molecule has 7 heteroatoms. The lowest BCUT2D eigenvalue weighted by Crippen LogP contribution is -2.14. The smallest absolute Gasteiger partial charge is 0.258 e. The molecule has 0 radical (unpaired) electrons. The van der Waals surface area contributed by atoms with E-state index in [1.165, 1.54) is 11.8 Å². The van der Waals surface area contributed by atoms with Gasteiger partial charge in [0.25, 0.3) is 5.91 Å². The second kappa shape index (κ2) is 9.39. The number of carbonyl (C=O) groups is 1. The number of carbonyl (C=O) groups excluding carboxylic acids is 1. The molecule has 0 aliphatic rings. The molecule has 0 aliphatic heterocycles. The number of thioether (sulfide) groups is 1. The quantitative estimate of drug-likeness (QED) is 0.609. The molecular formula is C20H21ClN4OS. The van der Waals surface area contributed by atoms with E-state index in [-0.39, 0.29) is 18.3 Å². The number of nitrogens with one attached hydrogen (secondary N) is 1. The number of rotatable bonds is 5. The van der Waals surface area contributed by atoms with Crippen molar-refractivity contribution < 1.29 is 4.79 Å². The van der Waals surface area contributed by atoms with Gasteiger partial charge >= 0.3 is 0 Å². The van der Waals surface area contributed by atoms with Crippen LogP contribution in [0.2, 0.25) is 0 Å². The number of halogens is 1. The van der Waals surface area contributed by atoms with Crippen molar-refractivity contribution in [1.29, 1.82) is 0 Å². The predicted molar refractivity (Wildman–Crippen MR) is 114 cm³/mol. The average Bonchev–Trinajstić information content (AvgIpc) is 2.59. The van der Waals surface area contributed by atoms with E-state index in [1.54, 1.807) is 24.5 Å². The Labute approximate surface area is 169 Å². The molecule has 0 aliphatic carbocycles. The Morgan fingerprint density at radius 1 is 1.07 bits per heavy atom. The van der Waals surface area contributed by atoms with E-state index in [1.807, 2.05) is 38.1 Å². The molecule has 0 atom stereocenters. The Morgan fingerprint density at radius 3 is 2.52 bits per heavy atom. The standard InChI is InChI=1S/C20H20N4OS.ClH/c1-13-8-14(2)10-16(9-13)24-19(25)17-4-3-6-23-20(17)26-12-15-5-7-22-18(21)11-15;/h3-11H,12H2,1-2H3,(H2,21,22)(H,24,25);1H. The number of nitrogens with two attached hydrogens (primary N) is 1. The molecule has 3 aromatic rings. The summed E-state index contributed by atoms with van der Waals surface area (Å²) in [5.41, 5.74) is 10.3. The van der Waals surface area contributed by atoms with Gasteiger partial charge in [-0.3, -0.25) is 4.79 Å². The average molecular weight is 401 g/mol. The van der Waals surface area contributed by atoms with Gasteiger partial charge in [0.15, 0.2) is 0 Å². The molecule has 3 N–H and O–H groups in total. The van der Waals surface area contributed by atoms with Crippen molar-refractivity contribution in [3.63, 3.8) is 0 Å². The zero-order chi connectivity index (χ0) is 18.5. The highest BCUT2D eigenvalue weighted by Gasteiger charge is 2.13. The van der Waals surface area contributed by atoms with Crippen molar-refractivity contribution in [3.05, 3.63) is 77.1 Å². The minimum Gasteiger partial charge on any atom is -0.384 e. The summed E-state index contributed by atoms with van der Waals surface area (Å²) in [7, 11) is 0. The summed E-state index contributed by atoms with van der Waals surface area (Å²) in [5.74, 6) is 0.977. The van der Waals surface area contributed by atoms with Crippen molar-refractivity contribution in [1.82, 2.24) is 9.97 Å². The van der Waals surface area contributed by atoms with Crippen molar-refractivity contribution in [3.8, 4) is 0 Å². The molecule has 0 saturated carbocycles. The van der Waals surface area contributed by atoms with Crippen LogP contribution < -0.4 is 11.1 Å². The number of aromatic nitrogens is 2. The first-order valence-corrected chi connectivity index (χ1v) is 9.18. The number of amides is 1. The summed E-state index contributed by atoms with van der Waals surface area (Å²) in [6.45, 7) is 4.02. The molecule has 5 nitrogen and oxygen atoms in total. The number of hydrogen-bond donors (Lipinski definition) is 2. The second-order valence-corrected chi connectivity index (χ2v) is 7.03. The first-order chi connectivity index (χ1) is 12.5. The normalized spacial score (nSPS) is 10.1. The Hall–Kier alpha value is -2.57. The third-order valence-electron chi connectivity index (χ3n) is 3.72. The van der Waals surface area contributed by atoms with E-state index in [0.29, 0.717) is 22.2 Å². The van der Waals surface area contributed by atoms with Crippen LogP contribution in [-0.4, -0.2) is 15.9 Å². The largest absolute Gasteiger partial charge is 0.384 e. The van der Waals surface area contributed by atoms with Crippen LogP contribution >= 0.6 is 24.2 Å². The number of pyridine rings is 2. The molecule has 0 fully saturated rings. The Morgan fingerprint density at radius 2 is 1.81 bits per heavy atom. The first kappa shape index (κ1) is 20.7. The van der Waals surface area contributed by atoms with Gasteiger partial charge in [0, 0.05) is 23.8 Å². The fourth-order valence-electron chi connectivity index (χ4n) is 2.66. The highest BCUT2D eigenvalue weighted by molar-refractivity contribution is 7.98. The number of nitrogen functional groups attached to an aromatic ring is 1. The lowest BCUT2D eigenvalue weighted by molar-refractivity contribution is 0.102. The number of benzene rings is 1. The topological polar surface area (TPSA) is 80.9 Å². The molecule has 27 heavy (non-hydrogen) atoms. The molecule has 0 spiro atoms. The summed E-state index contributed by atoms with van der Waals surface area (Å²) in [4.78, 5) is 21.1. The van der Waals surface area contributed by atoms with Gasteiger partial charge in [0.2, 0.25) is 0 Å². The van der Waals surface area contributed by atoms with Crippen LogP contribution in [0, 0.1) is 13.8 Å². The van der Waals surface area contributed by atoms with Gasteiger partial charge in [0.05, 0.1) is 5.56 Å². The summed E-state index contributed by atoms with van der Waals surface area (Å²) >= 11 is 1.50. The van der Waals surface area contributed by atoms with Crippen LogP contribution in [0.25, 0.3) is 0 Å². The Bertz CT molecular complexity index is 929. The summed E-state index contributed by atoms with van der Waals surface area (Å²) in [5, 5.41) is 3.65. The number of hydrogen-bond acceptors (Lipinski definition) is 5. The third kappa shape index (κ3) is 5.70. The monoisotopic (exact) mass is 400 g/mol. The molecule has 0 unspecified atom stereocenters. The fraction of sp³-hybridized carbons (Fsp3) is 0.150. The minimum atomic E-state index is -0.167. The lowest BCUT2D eigenvalue weighted by atomic mass is 10.1. The Kier molecular flexibility index (Phi) is 7.21. The summed E-state index contributed by atoms with van der Waals surface area (Å²) in [6.07, 6.45) is 3.37. The maximum atomic E-state index is 12.7. The van der Waals surface area contributed by atoms with E-state index in [2.05, 4.69) is 21.4 Å². The lowest BCUT2D eigenvalue weighted by Gasteiger charge is -2.10. The molecule has 0 bridgehead atoms. The zero-order valence-corrected chi connectivity index (χ0v) is 16.7. The molecule has 140 valence electrons. The highest BCUT2D eigenvalue weighted by Crippen LogP contribution is 2.25. The predicted octanol–water partition coefficient (Wildman–Crippen LogP) is 4.64. The van der Waals surface area contributed by atoms with Crippen LogP contribution in [0.5, 0.6) is 0 Å². The van der Waals surface area contributed by atoms with Gasteiger partial charge in [-0.25, -0.2) is 9.97 Å². The van der Waals surface area contributed by atoms with Crippen molar-refractivity contribution in [2.45, 2.75) is 24.6 Å². The molecular weight excluding hydrogens is 380 g/mol. The van der Waals surface area contributed by atoms with Crippen molar-refractivity contribution in [2.75, 3.05) is 11.1 Å². The molecule has 2 heterocycles. The van der Waals surface area contributed by atoms with Gasteiger partial charge < -0.3 is 11.1 Å². The molecule has 1 aromatic carbocycles. The van der Waals surface area contributed by atoms with E-state index < -0.39 is 0 Å². The molecule has 1 amide bonds. The summed E-state index contributed by atoms with van der Waals surface area (Å²) < 4.78 is 0. The molecule has 3 rings (SSSR count).